The molecule has 1 heterocycles. The summed E-state index contributed by atoms with van der Waals surface area (Å²) in [7, 11) is 0. The molecule has 0 saturated heterocycles. The van der Waals surface area contributed by atoms with Crippen LogP contribution >= 0.6 is 15.9 Å². The predicted molar refractivity (Wildman–Crippen MR) is 55.2 cm³/mol. The van der Waals surface area contributed by atoms with Crippen molar-refractivity contribution in [3.8, 4) is 0 Å². The first-order chi connectivity index (χ1) is 6.20. The lowest BCUT2D eigenvalue weighted by Crippen LogP contribution is -1.99. The van der Waals surface area contributed by atoms with Crippen molar-refractivity contribution in [3.63, 3.8) is 0 Å². The van der Waals surface area contributed by atoms with Gasteiger partial charge in [-0.2, -0.15) is 4.39 Å². The van der Waals surface area contributed by atoms with Gasteiger partial charge in [0.2, 0.25) is 5.95 Å². The van der Waals surface area contributed by atoms with E-state index in [-0.39, 0.29) is 0 Å². The second-order valence-corrected chi connectivity index (χ2v) is 3.81. The van der Waals surface area contributed by atoms with Crippen molar-refractivity contribution in [2.24, 2.45) is 0 Å². The van der Waals surface area contributed by atoms with Crippen molar-refractivity contribution in [1.82, 2.24) is 4.98 Å². The van der Waals surface area contributed by atoms with Crippen molar-refractivity contribution >= 4 is 15.9 Å². The third-order valence-electron chi connectivity index (χ3n) is 2.30. The molecular weight excluding hydrogens is 233 g/mol. The van der Waals surface area contributed by atoms with Crippen LogP contribution in [0.15, 0.2) is 16.7 Å². The minimum Gasteiger partial charge on any atom is -0.227 e. The molecule has 0 amide bonds. The summed E-state index contributed by atoms with van der Waals surface area (Å²) < 4.78 is 13.6. The van der Waals surface area contributed by atoms with Crippen LogP contribution in [0, 0.1) is 5.95 Å². The zero-order valence-corrected chi connectivity index (χ0v) is 9.44. The molecule has 13 heavy (non-hydrogen) atoms. The van der Waals surface area contributed by atoms with Crippen molar-refractivity contribution in [3.05, 3.63) is 28.2 Å². The first-order valence-corrected chi connectivity index (χ1v) is 5.29. The largest absolute Gasteiger partial charge is 0.227 e. The molecule has 0 saturated carbocycles. The Kier molecular flexibility index (Phi) is 3.85. The molecule has 0 aromatic carbocycles. The maximum Gasteiger partial charge on any atom is 0.227 e. The fourth-order valence-electron chi connectivity index (χ4n) is 1.48. The monoisotopic (exact) mass is 245 g/mol. The van der Waals surface area contributed by atoms with E-state index in [0.29, 0.717) is 10.4 Å². The zero-order valence-electron chi connectivity index (χ0n) is 7.85. The molecule has 1 nitrogen and oxygen atoms in total. The molecule has 0 unspecified atom stereocenters. The summed E-state index contributed by atoms with van der Waals surface area (Å²) in [5, 5.41) is 0. The lowest BCUT2D eigenvalue weighted by Gasteiger charge is -2.14. The van der Waals surface area contributed by atoms with E-state index < -0.39 is 5.95 Å². The maximum atomic E-state index is 13.1. The van der Waals surface area contributed by atoms with E-state index in [4.69, 9.17) is 0 Å². The van der Waals surface area contributed by atoms with E-state index in [1.54, 1.807) is 0 Å². The Bertz CT molecular complexity index is 284. The summed E-state index contributed by atoms with van der Waals surface area (Å²) >= 11 is 3.22. The van der Waals surface area contributed by atoms with Gasteiger partial charge in [-0.15, -0.1) is 0 Å². The molecule has 0 fully saturated rings. The second-order valence-electron chi connectivity index (χ2n) is 3.02. The Morgan fingerprint density at radius 1 is 1.46 bits per heavy atom. The number of hydrogen-bond acceptors (Lipinski definition) is 1. The number of halogens is 2. The van der Waals surface area contributed by atoms with Gasteiger partial charge in [-0.25, -0.2) is 4.98 Å². The van der Waals surface area contributed by atoms with Crippen LogP contribution in [0.3, 0.4) is 0 Å². The highest BCUT2D eigenvalue weighted by Crippen LogP contribution is 2.30. The molecule has 0 aliphatic carbocycles. The van der Waals surface area contributed by atoms with E-state index in [1.807, 2.05) is 6.07 Å². The minimum atomic E-state index is -0.413. The maximum absolute atomic E-state index is 13.1. The molecule has 0 spiro atoms. The molecule has 0 atom stereocenters. The Morgan fingerprint density at radius 2 is 2.08 bits per heavy atom. The molecule has 1 rings (SSSR count). The Morgan fingerprint density at radius 3 is 2.62 bits per heavy atom. The summed E-state index contributed by atoms with van der Waals surface area (Å²) in [5.74, 6) is 0.0104. The van der Waals surface area contributed by atoms with E-state index in [0.717, 1.165) is 18.4 Å². The number of rotatable bonds is 3. The highest BCUT2D eigenvalue weighted by molar-refractivity contribution is 9.10. The summed E-state index contributed by atoms with van der Waals surface area (Å²) in [4.78, 5) is 3.58. The van der Waals surface area contributed by atoms with Gasteiger partial charge >= 0.3 is 0 Å². The first-order valence-electron chi connectivity index (χ1n) is 4.50. The van der Waals surface area contributed by atoms with Gasteiger partial charge in [-0.3, -0.25) is 0 Å². The lowest BCUT2D eigenvalue weighted by molar-refractivity contribution is 0.561. The summed E-state index contributed by atoms with van der Waals surface area (Å²) in [6.07, 6.45) is 3.57. The SMILES string of the molecule is CCC(CC)c1ccnc(F)c1Br. The van der Waals surface area contributed by atoms with Gasteiger partial charge in [-0.1, -0.05) is 13.8 Å². The molecule has 3 heteroatoms. The van der Waals surface area contributed by atoms with Gasteiger partial charge in [0.05, 0.1) is 4.47 Å². The van der Waals surface area contributed by atoms with Gasteiger partial charge in [0.1, 0.15) is 0 Å². The third-order valence-corrected chi connectivity index (χ3v) is 3.09. The molecule has 0 N–H and O–H groups in total. The molecular formula is C10H13BrFN. The zero-order chi connectivity index (χ0) is 9.84. The van der Waals surface area contributed by atoms with E-state index in [9.17, 15) is 4.39 Å². The predicted octanol–water partition coefficient (Wildman–Crippen LogP) is 3.89. The van der Waals surface area contributed by atoms with E-state index in [2.05, 4.69) is 34.8 Å². The summed E-state index contributed by atoms with van der Waals surface area (Å²) in [6, 6.07) is 1.88. The van der Waals surface area contributed by atoms with Gasteiger partial charge < -0.3 is 0 Å². The lowest BCUT2D eigenvalue weighted by atomic mass is 9.95. The average molecular weight is 246 g/mol. The Hall–Kier alpha value is -0.440. The number of hydrogen-bond donors (Lipinski definition) is 0. The van der Waals surface area contributed by atoms with Crippen molar-refractivity contribution in [1.29, 1.82) is 0 Å². The molecule has 0 aliphatic rings. The van der Waals surface area contributed by atoms with Crippen LogP contribution in [0.25, 0.3) is 0 Å². The van der Waals surface area contributed by atoms with E-state index >= 15 is 0 Å². The topological polar surface area (TPSA) is 12.9 Å². The van der Waals surface area contributed by atoms with Crippen LogP contribution in [-0.4, -0.2) is 4.98 Å². The van der Waals surface area contributed by atoms with Crippen LogP contribution in [0.2, 0.25) is 0 Å². The van der Waals surface area contributed by atoms with E-state index in [1.165, 1.54) is 6.20 Å². The molecule has 0 aliphatic heterocycles. The number of aromatic nitrogens is 1. The van der Waals surface area contributed by atoms with Gasteiger partial charge in [-0.05, 0) is 46.3 Å². The third kappa shape index (κ3) is 2.27. The first kappa shape index (κ1) is 10.6. The fourth-order valence-corrected chi connectivity index (χ4v) is 2.03. The molecule has 0 radical (unpaired) electrons. The number of pyridine rings is 1. The van der Waals surface area contributed by atoms with Gasteiger partial charge in [0, 0.05) is 6.20 Å². The van der Waals surface area contributed by atoms with Crippen LogP contribution in [-0.2, 0) is 0 Å². The standard InChI is InChI=1S/C10H13BrFN/c1-3-7(4-2)8-5-6-13-10(12)9(8)11/h5-7H,3-4H2,1-2H3. The smallest absolute Gasteiger partial charge is 0.227 e. The number of nitrogens with zero attached hydrogens (tertiary/aromatic N) is 1. The average Bonchev–Trinajstić information content (AvgIpc) is 2.14. The van der Waals surface area contributed by atoms with Crippen molar-refractivity contribution in [2.45, 2.75) is 32.6 Å². The van der Waals surface area contributed by atoms with Crippen LogP contribution in [0.4, 0.5) is 4.39 Å². The van der Waals surface area contributed by atoms with Gasteiger partial charge in [0.25, 0.3) is 0 Å². The molecule has 1 aromatic rings. The quantitative estimate of drug-likeness (QED) is 0.737. The van der Waals surface area contributed by atoms with Gasteiger partial charge in [0.15, 0.2) is 0 Å². The van der Waals surface area contributed by atoms with Crippen molar-refractivity contribution < 1.29 is 4.39 Å². The Balaban J connectivity index is 3.05. The second kappa shape index (κ2) is 4.70. The van der Waals surface area contributed by atoms with Crippen molar-refractivity contribution in [2.75, 3.05) is 0 Å². The normalized spacial score (nSPS) is 10.8. The summed E-state index contributed by atoms with van der Waals surface area (Å²) in [6.45, 7) is 4.22. The Labute approximate surface area is 86.5 Å². The fraction of sp³-hybridized carbons (Fsp3) is 0.500. The summed E-state index contributed by atoms with van der Waals surface area (Å²) in [5.41, 5.74) is 1.03. The molecule has 72 valence electrons. The molecule has 0 bridgehead atoms. The van der Waals surface area contributed by atoms with Crippen LogP contribution < -0.4 is 0 Å². The van der Waals surface area contributed by atoms with Crippen LogP contribution in [0.5, 0.6) is 0 Å². The minimum absolute atomic E-state index is 0.413. The van der Waals surface area contributed by atoms with Crippen LogP contribution in [0.1, 0.15) is 38.2 Å². The highest BCUT2D eigenvalue weighted by atomic mass is 79.9. The highest BCUT2D eigenvalue weighted by Gasteiger charge is 2.13. The molecule has 1 aromatic heterocycles.